The topological polar surface area (TPSA) is 123 Å². The minimum atomic E-state index is -3.85. The largest absolute Gasteiger partial charge is 0.379 e. The summed E-state index contributed by atoms with van der Waals surface area (Å²) >= 11 is 0. The fourth-order valence-electron chi connectivity index (χ4n) is 5.48. The molecule has 1 amide bonds. The summed E-state index contributed by atoms with van der Waals surface area (Å²) in [5.74, 6) is 1.05. The predicted molar refractivity (Wildman–Crippen MR) is 124 cm³/mol. The van der Waals surface area contributed by atoms with Gasteiger partial charge in [0.2, 0.25) is 5.91 Å². The van der Waals surface area contributed by atoms with E-state index in [-0.39, 0.29) is 29.7 Å². The fourth-order valence-corrected chi connectivity index (χ4v) is 6.41. The average Bonchev–Trinajstić information content (AvgIpc) is 2.75. The Bertz CT molecular complexity index is 1210. The molecule has 0 unspecified atom stereocenters. The molecule has 0 spiro atoms. The van der Waals surface area contributed by atoms with Crippen LogP contribution in [0.25, 0.3) is 0 Å². The van der Waals surface area contributed by atoms with E-state index in [1.165, 1.54) is 12.6 Å². The van der Waals surface area contributed by atoms with Gasteiger partial charge in [-0.1, -0.05) is 20.8 Å². The fraction of sp³-hybridized carbons (Fsp3) is 0.565. The Hall–Kier alpha value is -2.75. The van der Waals surface area contributed by atoms with E-state index in [1.54, 1.807) is 24.5 Å². The van der Waals surface area contributed by atoms with Gasteiger partial charge in [0, 0.05) is 31.2 Å². The lowest BCUT2D eigenvalue weighted by molar-refractivity contribution is -0.122. The molecule has 2 bridgehead atoms. The third-order valence-electron chi connectivity index (χ3n) is 7.60. The summed E-state index contributed by atoms with van der Waals surface area (Å²) in [6.45, 7) is 6.67. The van der Waals surface area contributed by atoms with Crippen LogP contribution in [0.1, 0.15) is 39.2 Å². The van der Waals surface area contributed by atoms with Crippen LogP contribution in [0.2, 0.25) is 0 Å². The molecule has 2 aromatic rings. The number of pyridine rings is 1. The van der Waals surface area contributed by atoms with Crippen molar-refractivity contribution in [3.63, 3.8) is 0 Å². The molecule has 2 aromatic heterocycles. The molecular formula is C23H31N5O4S. The lowest BCUT2D eigenvalue weighted by atomic mass is 9.45. The maximum Gasteiger partial charge on any atom is 0.288 e. The summed E-state index contributed by atoms with van der Waals surface area (Å²) in [6, 6.07) is 3.61. The van der Waals surface area contributed by atoms with Crippen molar-refractivity contribution in [3.8, 4) is 0 Å². The zero-order valence-electron chi connectivity index (χ0n) is 19.4. The first-order valence-corrected chi connectivity index (χ1v) is 13.1. The predicted octanol–water partition coefficient (Wildman–Crippen LogP) is 1.84. The van der Waals surface area contributed by atoms with Gasteiger partial charge in [0.1, 0.15) is 6.54 Å². The van der Waals surface area contributed by atoms with E-state index >= 15 is 0 Å². The van der Waals surface area contributed by atoms with Gasteiger partial charge in [-0.05, 0) is 53.7 Å². The van der Waals surface area contributed by atoms with Crippen LogP contribution in [0.3, 0.4) is 0 Å². The molecule has 9 nitrogen and oxygen atoms in total. The summed E-state index contributed by atoms with van der Waals surface area (Å²) in [7, 11) is -3.85. The van der Waals surface area contributed by atoms with E-state index in [9.17, 15) is 18.0 Å². The number of carbonyl (C=O) groups is 1. The molecule has 0 aromatic carbocycles. The minimum absolute atomic E-state index is 0.0722. The van der Waals surface area contributed by atoms with Gasteiger partial charge in [-0.25, -0.2) is 13.1 Å². The van der Waals surface area contributed by atoms with Crippen LogP contribution >= 0.6 is 0 Å². The zero-order valence-corrected chi connectivity index (χ0v) is 20.2. The van der Waals surface area contributed by atoms with Crippen molar-refractivity contribution < 1.29 is 13.2 Å². The average molecular weight is 474 g/mol. The van der Waals surface area contributed by atoms with Crippen molar-refractivity contribution in [1.29, 1.82) is 0 Å². The Morgan fingerprint density at radius 2 is 1.94 bits per heavy atom. The molecule has 2 heterocycles. The van der Waals surface area contributed by atoms with Crippen LogP contribution in [-0.4, -0.2) is 41.4 Å². The number of nitrogens with one attached hydrogen (secondary N) is 2. The molecule has 3 aliphatic rings. The lowest BCUT2D eigenvalue weighted by Crippen LogP contribution is -2.58. The monoisotopic (exact) mass is 473 g/mol. The smallest absolute Gasteiger partial charge is 0.288 e. The number of anilines is 1. The van der Waals surface area contributed by atoms with Gasteiger partial charge < -0.3 is 10.6 Å². The zero-order chi connectivity index (χ0) is 24.0. The van der Waals surface area contributed by atoms with Gasteiger partial charge in [-0.2, -0.15) is 5.10 Å². The SMILES string of the molecule is C[C@@H]1[C@H]2C[C@@H](C[C@H]1Nc1cnn(CC(=O)NCc3ccncc3)c(=O)c1S(C)(=O)=O)C2(C)C. The number of hydrogen-bond donors (Lipinski definition) is 2. The molecule has 4 atom stereocenters. The normalized spacial score (nSPS) is 25.7. The van der Waals surface area contributed by atoms with Crippen molar-refractivity contribution >= 4 is 21.4 Å². The number of rotatable bonds is 7. The number of amides is 1. The molecule has 0 saturated heterocycles. The number of sulfone groups is 1. The Morgan fingerprint density at radius 3 is 2.55 bits per heavy atom. The maximum atomic E-state index is 13.0. The summed E-state index contributed by atoms with van der Waals surface area (Å²) < 4.78 is 26.0. The number of nitrogens with zero attached hydrogens (tertiary/aromatic N) is 3. The Balaban J connectivity index is 1.52. The molecule has 3 fully saturated rings. The van der Waals surface area contributed by atoms with Gasteiger partial charge >= 0.3 is 0 Å². The van der Waals surface area contributed by atoms with E-state index in [0.29, 0.717) is 23.2 Å². The number of hydrogen-bond acceptors (Lipinski definition) is 7. The van der Waals surface area contributed by atoms with Crippen LogP contribution in [0, 0.1) is 23.2 Å². The first-order valence-electron chi connectivity index (χ1n) is 11.2. The summed E-state index contributed by atoms with van der Waals surface area (Å²) in [6.07, 6.45) is 7.72. The van der Waals surface area contributed by atoms with Crippen LogP contribution in [-0.2, 0) is 27.7 Å². The first-order chi connectivity index (χ1) is 15.5. The Morgan fingerprint density at radius 1 is 1.24 bits per heavy atom. The van der Waals surface area contributed by atoms with Gasteiger partial charge in [0.05, 0.1) is 11.9 Å². The van der Waals surface area contributed by atoms with Crippen LogP contribution in [0.4, 0.5) is 5.69 Å². The first kappa shape index (κ1) is 23.4. The van der Waals surface area contributed by atoms with E-state index in [0.717, 1.165) is 22.9 Å². The highest BCUT2D eigenvalue weighted by Gasteiger charge is 2.56. The maximum absolute atomic E-state index is 13.0. The Kier molecular flexibility index (Phi) is 6.07. The van der Waals surface area contributed by atoms with Crippen molar-refractivity contribution in [2.75, 3.05) is 11.6 Å². The van der Waals surface area contributed by atoms with Gasteiger partial charge in [-0.3, -0.25) is 14.6 Å². The van der Waals surface area contributed by atoms with E-state index < -0.39 is 21.3 Å². The van der Waals surface area contributed by atoms with Crippen LogP contribution in [0.15, 0.2) is 40.4 Å². The molecule has 2 N–H and O–H groups in total. The lowest BCUT2D eigenvalue weighted by Gasteiger charge is -2.62. The minimum Gasteiger partial charge on any atom is -0.379 e. The van der Waals surface area contributed by atoms with Crippen LogP contribution < -0.4 is 16.2 Å². The molecule has 3 aliphatic carbocycles. The number of fused-ring (bicyclic) bond motifs is 2. The number of aromatic nitrogens is 3. The van der Waals surface area contributed by atoms with Crippen molar-refractivity contribution in [2.24, 2.45) is 23.2 Å². The van der Waals surface area contributed by atoms with E-state index in [1.807, 2.05) is 0 Å². The molecule has 33 heavy (non-hydrogen) atoms. The molecule has 10 heteroatoms. The summed E-state index contributed by atoms with van der Waals surface area (Å²) in [5, 5.41) is 10.1. The highest BCUT2D eigenvalue weighted by Crippen LogP contribution is 2.61. The molecule has 0 radical (unpaired) electrons. The number of carbonyl (C=O) groups excluding carboxylic acids is 1. The second kappa shape index (κ2) is 8.55. The van der Waals surface area contributed by atoms with Crippen LogP contribution in [0.5, 0.6) is 0 Å². The Labute approximate surface area is 193 Å². The van der Waals surface area contributed by atoms with Gasteiger partial charge in [0.15, 0.2) is 14.7 Å². The highest BCUT2D eigenvalue weighted by molar-refractivity contribution is 7.90. The van der Waals surface area contributed by atoms with Crippen molar-refractivity contribution in [1.82, 2.24) is 20.1 Å². The van der Waals surface area contributed by atoms with E-state index in [4.69, 9.17) is 0 Å². The molecule has 178 valence electrons. The van der Waals surface area contributed by atoms with Gasteiger partial charge in [-0.15, -0.1) is 0 Å². The highest BCUT2D eigenvalue weighted by atomic mass is 32.2. The third kappa shape index (κ3) is 4.53. The molecule has 5 rings (SSSR count). The standard InChI is InChI=1S/C23H31N5O4S/c1-14-17-9-16(23(17,2)3)10-18(14)27-19-12-26-28(22(30)21(19)33(4,31)32)13-20(29)25-11-15-5-7-24-8-6-15/h5-8,12,14,16-18,27H,9-11,13H2,1-4H3,(H,25,29)/t14-,16+,17-,18-/m1/s1. The third-order valence-corrected chi connectivity index (χ3v) is 8.73. The van der Waals surface area contributed by atoms with Gasteiger partial charge in [0.25, 0.3) is 5.56 Å². The summed E-state index contributed by atoms with van der Waals surface area (Å²) in [4.78, 5) is 29.0. The van der Waals surface area contributed by atoms with E-state index in [2.05, 4.69) is 41.5 Å². The quantitative estimate of drug-likeness (QED) is 0.629. The summed E-state index contributed by atoms with van der Waals surface area (Å²) in [5.41, 5.74) is 0.572. The second-order valence-corrected chi connectivity index (χ2v) is 11.9. The molecule has 0 aliphatic heterocycles. The van der Waals surface area contributed by atoms with Crippen molar-refractivity contribution in [2.45, 2.75) is 57.6 Å². The second-order valence-electron chi connectivity index (χ2n) is 9.96. The molecular weight excluding hydrogens is 442 g/mol. The molecule has 3 saturated carbocycles. The van der Waals surface area contributed by atoms with Crippen molar-refractivity contribution in [3.05, 3.63) is 46.6 Å².